The van der Waals surface area contributed by atoms with E-state index in [0.29, 0.717) is 4.34 Å². The molecule has 13 heavy (non-hydrogen) atoms. The third-order valence-electron chi connectivity index (χ3n) is 1.83. The lowest BCUT2D eigenvalue weighted by molar-refractivity contribution is -0.142. The van der Waals surface area contributed by atoms with Crippen molar-refractivity contribution in [2.24, 2.45) is 0 Å². The summed E-state index contributed by atoms with van der Waals surface area (Å²) in [6, 6.07) is 3.67. The van der Waals surface area contributed by atoms with Gasteiger partial charge in [-0.3, -0.25) is 4.79 Å². The second-order valence-corrected chi connectivity index (χ2v) is 4.37. The number of esters is 1. The van der Waals surface area contributed by atoms with Crippen molar-refractivity contribution in [1.29, 1.82) is 0 Å². The predicted molar refractivity (Wildman–Crippen MR) is 54.4 cm³/mol. The lowest BCUT2D eigenvalue weighted by Crippen LogP contribution is -2.11. The lowest BCUT2D eigenvalue weighted by atomic mass is 10.1. The van der Waals surface area contributed by atoms with Crippen molar-refractivity contribution in [3.8, 4) is 0 Å². The molecule has 0 spiro atoms. The monoisotopic (exact) mass is 218 g/mol. The number of rotatable bonds is 3. The molecule has 0 N–H and O–H groups in total. The number of ether oxygens (including phenoxy) is 1. The number of thiophene rings is 1. The SMILES string of the molecule is CCC(C(=O)OC)c1ccc(Cl)s1. The summed E-state index contributed by atoms with van der Waals surface area (Å²) >= 11 is 7.20. The van der Waals surface area contributed by atoms with Gasteiger partial charge in [-0.25, -0.2) is 0 Å². The van der Waals surface area contributed by atoms with Crippen molar-refractivity contribution < 1.29 is 9.53 Å². The topological polar surface area (TPSA) is 26.3 Å². The molecule has 1 heterocycles. The number of methoxy groups -OCH3 is 1. The Morgan fingerprint density at radius 2 is 2.38 bits per heavy atom. The second kappa shape index (κ2) is 4.63. The van der Waals surface area contributed by atoms with Crippen LogP contribution in [-0.4, -0.2) is 13.1 Å². The van der Waals surface area contributed by atoms with E-state index in [1.54, 1.807) is 6.07 Å². The summed E-state index contributed by atoms with van der Waals surface area (Å²) in [5.74, 6) is -0.358. The third-order valence-corrected chi connectivity index (χ3v) is 3.18. The van der Waals surface area contributed by atoms with Gasteiger partial charge in [0.15, 0.2) is 0 Å². The Kier molecular flexibility index (Phi) is 3.75. The average Bonchev–Trinajstić information content (AvgIpc) is 2.53. The van der Waals surface area contributed by atoms with Crippen molar-refractivity contribution in [3.05, 3.63) is 21.3 Å². The summed E-state index contributed by atoms with van der Waals surface area (Å²) < 4.78 is 5.40. The first-order valence-corrected chi connectivity index (χ1v) is 5.21. The Morgan fingerprint density at radius 3 is 2.77 bits per heavy atom. The second-order valence-electron chi connectivity index (χ2n) is 2.63. The Bertz CT molecular complexity index is 296. The summed E-state index contributed by atoms with van der Waals surface area (Å²) in [7, 11) is 1.40. The van der Waals surface area contributed by atoms with E-state index in [-0.39, 0.29) is 11.9 Å². The van der Waals surface area contributed by atoms with Crippen molar-refractivity contribution in [3.63, 3.8) is 0 Å². The number of hydrogen-bond donors (Lipinski definition) is 0. The van der Waals surface area contributed by atoms with Gasteiger partial charge in [0.05, 0.1) is 17.4 Å². The molecule has 0 aliphatic heterocycles. The Morgan fingerprint density at radius 1 is 1.69 bits per heavy atom. The van der Waals surface area contributed by atoms with E-state index in [0.717, 1.165) is 11.3 Å². The van der Waals surface area contributed by atoms with E-state index in [4.69, 9.17) is 16.3 Å². The van der Waals surface area contributed by atoms with Gasteiger partial charge in [-0.15, -0.1) is 11.3 Å². The van der Waals surface area contributed by atoms with Crippen LogP contribution in [0.4, 0.5) is 0 Å². The molecule has 1 rings (SSSR count). The van der Waals surface area contributed by atoms with Crippen LogP contribution >= 0.6 is 22.9 Å². The van der Waals surface area contributed by atoms with Crippen molar-refractivity contribution in [2.75, 3.05) is 7.11 Å². The molecule has 1 aromatic heterocycles. The first kappa shape index (κ1) is 10.5. The highest BCUT2D eigenvalue weighted by molar-refractivity contribution is 7.16. The third kappa shape index (κ3) is 2.45. The molecule has 4 heteroatoms. The van der Waals surface area contributed by atoms with E-state index in [1.165, 1.54) is 18.4 Å². The molecule has 0 radical (unpaired) electrons. The molecule has 0 aliphatic carbocycles. The van der Waals surface area contributed by atoms with Crippen LogP contribution in [0.5, 0.6) is 0 Å². The average molecular weight is 219 g/mol. The van der Waals surface area contributed by atoms with E-state index < -0.39 is 0 Å². The standard InChI is InChI=1S/C9H11ClO2S/c1-3-6(9(11)12-2)7-4-5-8(10)13-7/h4-6H,3H2,1-2H3. The normalized spacial score (nSPS) is 12.5. The van der Waals surface area contributed by atoms with Crippen LogP contribution in [0.15, 0.2) is 12.1 Å². The van der Waals surface area contributed by atoms with E-state index in [2.05, 4.69) is 0 Å². The highest BCUT2D eigenvalue weighted by Crippen LogP contribution is 2.30. The molecular formula is C9H11ClO2S. The summed E-state index contributed by atoms with van der Waals surface area (Å²) in [5.41, 5.74) is 0. The predicted octanol–water partition coefficient (Wildman–Crippen LogP) is 3.07. The first-order valence-electron chi connectivity index (χ1n) is 4.02. The van der Waals surface area contributed by atoms with E-state index >= 15 is 0 Å². The summed E-state index contributed by atoms with van der Waals surface area (Å²) in [6.45, 7) is 1.95. The quantitative estimate of drug-likeness (QED) is 0.729. The number of hydrogen-bond acceptors (Lipinski definition) is 3. The van der Waals surface area contributed by atoms with Crippen molar-refractivity contribution in [2.45, 2.75) is 19.3 Å². The molecule has 0 aliphatic rings. The fraction of sp³-hybridized carbons (Fsp3) is 0.444. The number of carbonyl (C=O) groups excluding carboxylic acids is 1. The molecular weight excluding hydrogens is 208 g/mol. The molecule has 0 amide bonds. The van der Waals surface area contributed by atoms with Gasteiger partial charge in [0, 0.05) is 4.88 Å². The molecule has 0 bridgehead atoms. The maximum atomic E-state index is 11.3. The Labute approximate surface area is 86.5 Å². The molecule has 2 nitrogen and oxygen atoms in total. The zero-order valence-electron chi connectivity index (χ0n) is 7.54. The number of carbonyl (C=O) groups is 1. The van der Waals surface area contributed by atoms with Gasteiger partial charge in [0.1, 0.15) is 0 Å². The highest BCUT2D eigenvalue weighted by Gasteiger charge is 2.20. The molecule has 0 aromatic carbocycles. The number of halogens is 1. The molecule has 1 aromatic rings. The van der Waals surface area contributed by atoms with Crippen LogP contribution in [0.2, 0.25) is 4.34 Å². The van der Waals surface area contributed by atoms with E-state index in [1.807, 2.05) is 13.0 Å². The van der Waals surface area contributed by atoms with Crippen LogP contribution in [0.3, 0.4) is 0 Å². The fourth-order valence-corrected chi connectivity index (χ4v) is 2.37. The molecule has 1 atom stereocenters. The lowest BCUT2D eigenvalue weighted by Gasteiger charge is -2.09. The largest absolute Gasteiger partial charge is 0.469 e. The van der Waals surface area contributed by atoms with Crippen LogP contribution in [0.25, 0.3) is 0 Å². The van der Waals surface area contributed by atoms with Crippen LogP contribution in [-0.2, 0) is 9.53 Å². The minimum atomic E-state index is -0.194. The maximum absolute atomic E-state index is 11.3. The fourth-order valence-electron chi connectivity index (χ4n) is 1.14. The zero-order valence-corrected chi connectivity index (χ0v) is 9.11. The molecule has 0 saturated heterocycles. The van der Waals surface area contributed by atoms with E-state index in [9.17, 15) is 4.79 Å². The zero-order chi connectivity index (χ0) is 9.84. The van der Waals surface area contributed by atoms with Gasteiger partial charge in [-0.05, 0) is 18.6 Å². The van der Waals surface area contributed by atoms with Gasteiger partial charge in [0.25, 0.3) is 0 Å². The molecule has 0 fully saturated rings. The van der Waals surface area contributed by atoms with Crippen molar-refractivity contribution in [1.82, 2.24) is 0 Å². The van der Waals surface area contributed by atoms with Crippen LogP contribution < -0.4 is 0 Å². The minimum absolute atomic E-state index is 0.164. The molecule has 72 valence electrons. The minimum Gasteiger partial charge on any atom is -0.469 e. The summed E-state index contributed by atoms with van der Waals surface area (Å²) in [4.78, 5) is 12.3. The van der Waals surface area contributed by atoms with Gasteiger partial charge < -0.3 is 4.74 Å². The highest BCUT2D eigenvalue weighted by atomic mass is 35.5. The Balaban J connectivity index is 2.84. The first-order chi connectivity index (χ1) is 6.19. The van der Waals surface area contributed by atoms with Gasteiger partial charge in [-0.1, -0.05) is 18.5 Å². The van der Waals surface area contributed by atoms with Crippen LogP contribution in [0, 0.1) is 0 Å². The Hall–Kier alpha value is -0.540. The smallest absolute Gasteiger partial charge is 0.313 e. The van der Waals surface area contributed by atoms with Crippen LogP contribution in [0.1, 0.15) is 24.1 Å². The molecule has 0 saturated carbocycles. The van der Waals surface area contributed by atoms with Crippen molar-refractivity contribution >= 4 is 28.9 Å². The van der Waals surface area contributed by atoms with Gasteiger partial charge in [0.2, 0.25) is 0 Å². The summed E-state index contributed by atoms with van der Waals surface area (Å²) in [5, 5.41) is 0. The van der Waals surface area contributed by atoms with Gasteiger partial charge >= 0.3 is 5.97 Å². The summed E-state index contributed by atoms with van der Waals surface area (Å²) in [6.07, 6.45) is 0.740. The maximum Gasteiger partial charge on any atom is 0.313 e. The molecule has 1 unspecified atom stereocenters. The van der Waals surface area contributed by atoms with Gasteiger partial charge in [-0.2, -0.15) is 0 Å².